The fourth-order valence-electron chi connectivity index (χ4n) is 2.92. The summed E-state index contributed by atoms with van der Waals surface area (Å²) in [4.78, 5) is 22.8. The normalized spacial score (nSPS) is 16.8. The number of urea groups is 1. The van der Waals surface area contributed by atoms with E-state index in [1.54, 1.807) is 18.2 Å². The monoisotopic (exact) mass is 413 g/mol. The lowest BCUT2D eigenvalue weighted by atomic mass is 9.79. The number of carbonyl (C=O) groups is 1. The fourth-order valence-corrected chi connectivity index (χ4v) is 2.92. The molecule has 0 saturated carbocycles. The molecule has 0 bridgehead atoms. The standard InChI is InChI=1S/C20H24BN3O6/c1-19(2)20(3,4)30-21(29-19)13-7-6-8-14(11-13)22-18(25)23-16-10-9-15(24(26)27)12-17(16)28-5/h6-12H,1-5H3,(H2,22,23,25). The molecule has 0 spiro atoms. The number of non-ortho nitro benzene ring substituents is 1. The van der Waals surface area contributed by atoms with E-state index in [9.17, 15) is 14.9 Å². The second kappa shape index (κ2) is 7.96. The number of nitrogens with zero attached hydrogens (tertiary/aromatic N) is 1. The van der Waals surface area contributed by atoms with Crippen LogP contribution in [0.25, 0.3) is 0 Å². The summed E-state index contributed by atoms with van der Waals surface area (Å²) in [5.41, 5.74) is 0.561. The number of methoxy groups -OCH3 is 1. The van der Waals surface area contributed by atoms with Crippen LogP contribution in [0.3, 0.4) is 0 Å². The highest BCUT2D eigenvalue weighted by Gasteiger charge is 2.51. The van der Waals surface area contributed by atoms with Crippen molar-refractivity contribution in [3.05, 3.63) is 52.6 Å². The average molecular weight is 413 g/mol. The highest BCUT2D eigenvalue weighted by Crippen LogP contribution is 2.36. The molecular weight excluding hydrogens is 389 g/mol. The Morgan fingerprint density at radius 1 is 1.07 bits per heavy atom. The van der Waals surface area contributed by atoms with E-state index >= 15 is 0 Å². The first-order valence-electron chi connectivity index (χ1n) is 9.38. The van der Waals surface area contributed by atoms with Gasteiger partial charge in [0.25, 0.3) is 5.69 Å². The van der Waals surface area contributed by atoms with Crippen LogP contribution in [0, 0.1) is 10.1 Å². The third kappa shape index (κ3) is 4.39. The van der Waals surface area contributed by atoms with Crippen LogP contribution in [0.4, 0.5) is 21.9 Å². The summed E-state index contributed by atoms with van der Waals surface area (Å²) in [6.45, 7) is 7.89. The van der Waals surface area contributed by atoms with Crippen molar-refractivity contribution in [2.24, 2.45) is 0 Å². The number of anilines is 2. The Hall–Kier alpha value is -3.11. The number of carbonyl (C=O) groups excluding carboxylic acids is 1. The van der Waals surface area contributed by atoms with Crippen LogP contribution >= 0.6 is 0 Å². The van der Waals surface area contributed by atoms with E-state index in [1.807, 2.05) is 33.8 Å². The minimum absolute atomic E-state index is 0.132. The van der Waals surface area contributed by atoms with E-state index in [-0.39, 0.29) is 11.4 Å². The summed E-state index contributed by atoms with van der Waals surface area (Å²) in [5.74, 6) is 0.185. The lowest BCUT2D eigenvalue weighted by molar-refractivity contribution is -0.384. The van der Waals surface area contributed by atoms with Crippen LogP contribution in [-0.2, 0) is 9.31 Å². The van der Waals surface area contributed by atoms with Crippen molar-refractivity contribution in [3.8, 4) is 5.75 Å². The van der Waals surface area contributed by atoms with Crippen molar-refractivity contribution < 1.29 is 23.8 Å². The summed E-state index contributed by atoms with van der Waals surface area (Å²) in [7, 11) is 0.825. The lowest BCUT2D eigenvalue weighted by Gasteiger charge is -2.32. The van der Waals surface area contributed by atoms with Crippen molar-refractivity contribution in [1.82, 2.24) is 0 Å². The highest BCUT2D eigenvalue weighted by atomic mass is 16.7. The van der Waals surface area contributed by atoms with Crippen LogP contribution in [0.5, 0.6) is 5.75 Å². The maximum atomic E-state index is 12.4. The zero-order valence-corrected chi connectivity index (χ0v) is 17.5. The quantitative estimate of drug-likeness (QED) is 0.441. The van der Waals surface area contributed by atoms with Gasteiger partial charge in [-0.15, -0.1) is 0 Å². The number of ether oxygens (including phenoxy) is 1. The third-order valence-corrected chi connectivity index (χ3v) is 5.31. The van der Waals surface area contributed by atoms with Gasteiger partial charge < -0.3 is 24.7 Å². The van der Waals surface area contributed by atoms with Crippen LogP contribution in [0.15, 0.2) is 42.5 Å². The second-order valence-corrected chi connectivity index (χ2v) is 7.93. The molecule has 9 nitrogen and oxygen atoms in total. The molecular formula is C20H24BN3O6. The molecule has 1 fully saturated rings. The Bertz CT molecular complexity index is 963. The van der Waals surface area contributed by atoms with Gasteiger partial charge in [0.15, 0.2) is 0 Å². The van der Waals surface area contributed by atoms with Gasteiger partial charge in [-0.1, -0.05) is 12.1 Å². The van der Waals surface area contributed by atoms with Gasteiger partial charge in [-0.2, -0.15) is 0 Å². The molecule has 0 aliphatic carbocycles. The SMILES string of the molecule is COc1cc([N+](=O)[O-])ccc1NC(=O)Nc1cccc(B2OC(C)(C)C(C)(C)O2)c1. The van der Waals surface area contributed by atoms with Crippen molar-refractivity contribution in [1.29, 1.82) is 0 Å². The van der Waals surface area contributed by atoms with Gasteiger partial charge in [0.05, 0.1) is 35.0 Å². The topological polar surface area (TPSA) is 112 Å². The van der Waals surface area contributed by atoms with Crippen molar-refractivity contribution in [3.63, 3.8) is 0 Å². The highest BCUT2D eigenvalue weighted by molar-refractivity contribution is 6.62. The number of hydrogen-bond acceptors (Lipinski definition) is 6. The second-order valence-electron chi connectivity index (χ2n) is 7.93. The Balaban J connectivity index is 1.71. The minimum Gasteiger partial charge on any atom is -0.494 e. The Morgan fingerprint density at radius 3 is 2.33 bits per heavy atom. The molecule has 0 radical (unpaired) electrons. The van der Waals surface area contributed by atoms with Crippen LogP contribution < -0.4 is 20.8 Å². The summed E-state index contributed by atoms with van der Waals surface area (Å²) in [6.07, 6.45) is 0. The first-order valence-corrected chi connectivity index (χ1v) is 9.38. The van der Waals surface area contributed by atoms with Crippen molar-refractivity contribution in [2.75, 3.05) is 17.7 Å². The van der Waals surface area contributed by atoms with E-state index in [2.05, 4.69) is 10.6 Å². The average Bonchev–Trinajstić information content (AvgIpc) is 2.89. The van der Waals surface area contributed by atoms with Gasteiger partial charge in [0, 0.05) is 11.8 Å². The molecule has 1 aliphatic rings. The van der Waals surface area contributed by atoms with Gasteiger partial charge in [0.1, 0.15) is 5.75 Å². The van der Waals surface area contributed by atoms with Gasteiger partial charge in [-0.25, -0.2) is 4.79 Å². The summed E-state index contributed by atoms with van der Waals surface area (Å²) in [6, 6.07) is 10.6. The van der Waals surface area contributed by atoms with E-state index in [4.69, 9.17) is 14.0 Å². The molecule has 0 unspecified atom stereocenters. The fraction of sp³-hybridized carbons (Fsp3) is 0.350. The largest absolute Gasteiger partial charge is 0.494 e. The van der Waals surface area contributed by atoms with Crippen molar-refractivity contribution in [2.45, 2.75) is 38.9 Å². The molecule has 10 heteroatoms. The molecule has 3 rings (SSSR count). The summed E-state index contributed by atoms with van der Waals surface area (Å²) in [5, 5.41) is 16.3. The Morgan fingerprint density at radius 2 is 1.73 bits per heavy atom. The molecule has 1 aliphatic heterocycles. The van der Waals surface area contributed by atoms with Gasteiger partial charge in [-0.3, -0.25) is 10.1 Å². The molecule has 158 valence electrons. The number of nitro benzene ring substituents is 1. The molecule has 30 heavy (non-hydrogen) atoms. The van der Waals surface area contributed by atoms with Gasteiger partial charge in [0.2, 0.25) is 0 Å². The Kier molecular flexibility index (Phi) is 5.73. The molecule has 2 N–H and O–H groups in total. The molecule has 1 heterocycles. The predicted octanol–water partition coefficient (Wildman–Crippen LogP) is 3.55. The van der Waals surface area contributed by atoms with E-state index in [0.29, 0.717) is 11.4 Å². The zero-order valence-electron chi connectivity index (χ0n) is 17.5. The summed E-state index contributed by atoms with van der Waals surface area (Å²) < 4.78 is 17.2. The van der Waals surface area contributed by atoms with E-state index < -0.39 is 29.3 Å². The van der Waals surface area contributed by atoms with Crippen molar-refractivity contribution >= 4 is 35.7 Å². The van der Waals surface area contributed by atoms with E-state index in [1.165, 1.54) is 25.3 Å². The van der Waals surface area contributed by atoms with Gasteiger partial charge in [-0.05, 0) is 51.4 Å². The molecule has 1 saturated heterocycles. The molecule has 0 aromatic heterocycles. The first-order chi connectivity index (χ1) is 14.0. The number of rotatable bonds is 5. The third-order valence-electron chi connectivity index (χ3n) is 5.31. The number of hydrogen-bond donors (Lipinski definition) is 2. The number of nitro groups is 1. The first kappa shape index (κ1) is 21.6. The maximum Gasteiger partial charge on any atom is 0.494 e. The zero-order chi connectivity index (χ0) is 22.1. The smallest absolute Gasteiger partial charge is 0.494 e. The number of amides is 2. The minimum atomic E-state index is -0.547. The molecule has 2 aromatic carbocycles. The Labute approximate surface area is 175 Å². The molecule has 0 atom stereocenters. The van der Waals surface area contributed by atoms with Crippen LogP contribution in [0.2, 0.25) is 0 Å². The summed E-state index contributed by atoms with van der Waals surface area (Å²) >= 11 is 0. The number of nitrogens with one attached hydrogen (secondary N) is 2. The maximum absolute atomic E-state index is 12.4. The van der Waals surface area contributed by atoms with Crippen LogP contribution in [0.1, 0.15) is 27.7 Å². The molecule has 2 aromatic rings. The molecule has 2 amide bonds. The number of benzene rings is 2. The lowest BCUT2D eigenvalue weighted by Crippen LogP contribution is -2.41. The van der Waals surface area contributed by atoms with Gasteiger partial charge >= 0.3 is 13.1 Å². The van der Waals surface area contributed by atoms with Crippen LogP contribution in [-0.4, -0.2) is 36.4 Å². The predicted molar refractivity (Wildman–Crippen MR) is 114 cm³/mol. The van der Waals surface area contributed by atoms with E-state index in [0.717, 1.165) is 5.46 Å².